The van der Waals surface area contributed by atoms with Gasteiger partial charge in [-0.25, -0.2) is 0 Å². The van der Waals surface area contributed by atoms with Gasteiger partial charge in [-0.2, -0.15) is 49.7 Å². The molecule has 1 aliphatic carbocycles. The summed E-state index contributed by atoms with van der Waals surface area (Å²) < 4.78 is 12.5. The summed E-state index contributed by atoms with van der Waals surface area (Å²) in [7, 11) is -4.40. The predicted octanol–water partition coefficient (Wildman–Crippen LogP) is 9.62. The van der Waals surface area contributed by atoms with Gasteiger partial charge < -0.3 is 24.7 Å². The van der Waals surface area contributed by atoms with E-state index in [-0.39, 0.29) is 26.2 Å². The van der Waals surface area contributed by atoms with Gasteiger partial charge in [-0.3, -0.25) is 0 Å². The van der Waals surface area contributed by atoms with Crippen LogP contribution in [0.15, 0.2) is 30.3 Å². The topological polar surface area (TPSA) is 46.7 Å². The second-order valence-corrected chi connectivity index (χ2v) is 31.0. The van der Waals surface area contributed by atoms with Crippen molar-refractivity contribution in [2.75, 3.05) is 20.3 Å². The molecule has 216 valence electrons. The Balaban J connectivity index is 0.00000147. The van der Waals surface area contributed by atoms with Crippen molar-refractivity contribution in [3.05, 3.63) is 58.7 Å². The van der Waals surface area contributed by atoms with E-state index in [4.69, 9.17) is 18.8 Å². The minimum Gasteiger partial charge on any atom is -0.669 e. The fraction of sp³-hybridized carbons (Fsp3) is 0.724. The Morgan fingerprint density at radius 3 is 1.61 bits per heavy atom. The van der Waals surface area contributed by atoms with Crippen molar-refractivity contribution < 1.29 is 35.1 Å². The monoisotopic (exact) mass is 668 g/mol. The fourth-order valence-corrected chi connectivity index (χ4v) is 15.3. The van der Waals surface area contributed by atoms with E-state index in [1.807, 2.05) is 30.3 Å². The Morgan fingerprint density at radius 2 is 1.26 bits per heavy atom. The zero-order valence-electron chi connectivity index (χ0n) is 26.8. The average molecular weight is 670 g/mol. The maximum Gasteiger partial charge on any atom is 4.00 e. The maximum absolute atomic E-state index is 6.28. The molecular formula is C29H58N2O2Si4Zr. The Morgan fingerprint density at radius 1 is 0.842 bits per heavy atom. The van der Waals surface area contributed by atoms with Gasteiger partial charge in [0.2, 0.25) is 0 Å². The molecule has 0 N–H and O–H groups in total. The zero-order valence-corrected chi connectivity index (χ0v) is 33.2. The summed E-state index contributed by atoms with van der Waals surface area (Å²) in [5, 5.41) is 0. The third kappa shape index (κ3) is 14.0. The third-order valence-electron chi connectivity index (χ3n) is 7.54. The molecule has 0 spiro atoms. The third-order valence-corrected chi connectivity index (χ3v) is 18.7. The fourth-order valence-electron chi connectivity index (χ4n) is 5.60. The van der Waals surface area contributed by atoms with Crippen LogP contribution in [0.2, 0.25) is 75.5 Å². The molecule has 4 atom stereocenters. The summed E-state index contributed by atoms with van der Waals surface area (Å²) in [6.07, 6.45) is 2.60. The molecule has 38 heavy (non-hydrogen) atoms. The first kappa shape index (κ1) is 38.7. The van der Waals surface area contributed by atoms with Crippen molar-refractivity contribution in [3.63, 3.8) is 0 Å². The van der Waals surface area contributed by atoms with Gasteiger partial charge in [0, 0.05) is 13.2 Å². The molecule has 1 aromatic rings. The van der Waals surface area contributed by atoms with Crippen LogP contribution in [-0.2, 0) is 35.1 Å². The average Bonchev–Trinajstić information content (AvgIpc) is 3.15. The minimum absolute atomic E-state index is 0. The molecule has 1 aliphatic rings. The molecule has 1 saturated carbocycles. The van der Waals surface area contributed by atoms with Crippen LogP contribution in [0.5, 0.6) is 0 Å². The number of nitrogens with zero attached hydrogens (tertiary/aromatic N) is 2. The van der Waals surface area contributed by atoms with E-state index in [1.165, 1.54) is 12.8 Å². The normalized spacial score (nSPS) is 21.7. The summed E-state index contributed by atoms with van der Waals surface area (Å²) in [6.45, 7) is 31.2. The molecule has 1 fully saturated rings. The van der Waals surface area contributed by atoms with E-state index >= 15 is 0 Å². The summed E-state index contributed by atoms with van der Waals surface area (Å²) in [4.78, 5) is 10.5. The van der Waals surface area contributed by atoms with Gasteiger partial charge in [-0.15, -0.1) is 18.2 Å². The van der Waals surface area contributed by atoms with E-state index in [1.54, 1.807) is 5.92 Å². The van der Waals surface area contributed by atoms with Crippen molar-refractivity contribution in [1.29, 1.82) is 0 Å². The van der Waals surface area contributed by atoms with Gasteiger partial charge in [0.25, 0.3) is 0 Å². The SMILES string of the molecule is C[N-][Si](C)(CCO[Si](C)(C)C)C1CCC([Si](C)(CCO[Si](C)(C)C)[N-]C(C)C)[C-]1C.[CH2-]c1ccccc1.[Zr+4]. The van der Waals surface area contributed by atoms with Crippen LogP contribution in [0, 0.1) is 12.8 Å². The number of hydrogen-bond donors (Lipinski definition) is 0. The molecule has 0 amide bonds. The van der Waals surface area contributed by atoms with E-state index in [0.29, 0.717) is 17.1 Å². The molecule has 4 nitrogen and oxygen atoms in total. The van der Waals surface area contributed by atoms with Crippen LogP contribution in [0.3, 0.4) is 0 Å². The second kappa shape index (κ2) is 17.0. The number of hydrogen-bond acceptors (Lipinski definition) is 2. The van der Waals surface area contributed by atoms with Crippen LogP contribution in [-0.4, -0.2) is 59.4 Å². The molecule has 4 unspecified atom stereocenters. The second-order valence-electron chi connectivity index (χ2n) is 13.5. The summed E-state index contributed by atoms with van der Waals surface area (Å²) in [6, 6.07) is 12.6. The molecule has 0 aromatic heterocycles. The van der Waals surface area contributed by atoms with Gasteiger partial charge in [-0.05, 0) is 39.3 Å². The van der Waals surface area contributed by atoms with Crippen molar-refractivity contribution in [3.8, 4) is 0 Å². The Kier molecular flexibility index (Phi) is 17.3. The Hall–Kier alpha value is 0.681. The minimum atomic E-state index is -1.80. The first-order valence-electron chi connectivity index (χ1n) is 14.2. The van der Waals surface area contributed by atoms with Crippen molar-refractivity contribution in [2.45, 2.75) is 115 Å². The number of rotatable bonds is 13. The van der Waals surface area contributed by atoms with Crippen LogP contribution in [0.4, 0.5) is 0 Å². The first-order valence-corrected chi connectivity index (χ1v) is 26.5. The van der Waals surface area contributed by atoms with Crippen molar-refractivity contribution in [2.24, 2.45) is 0 Å². The summed E-state index contributed by atoms with van der Waals surface area (Å²) in [5.74, 6) is 1.72. The molecule has 9 heteroatoms. The van der Waals surface area contributed by atoms with Gasteiger partial charge in [0.05, 0.1) is 0 Å². The molecule has 1 aromatic carbocycles. The standard InChI is InChI=1S/C22H51N2O2Si4.C7H7.Zr/c1-19(2)24-30(12,18-16-26-28(8,9)10)22-14-13-21(20(22)3)29(11,23-4)17-15-25-27(5,6)7;1-7-5-3-2-4-6-7;/h19,21-22H,13-18H2,1-12H3;2-6H,1H2;/q-3;-1;+4. The summed E-state index contributed by atoms with van der Waals surface area (Å²) >= 11 is 0. The largest absolute Gasteiger partial charge is 4.00 e. The molecule has 2 rings (SSSR count). The quantitative estimate of drug-likeness (QED) is 0.155. The molecule has 0 bridgehead atoms. The van der Waals surface area contributed by atoms with Crippen LogP contribution in [0.1, 0.15) is 39.2 Å². The van der Waals surface area contributed by atoms with E-state index in [9.17, 15) is 0 Å². The zero-order chi connectivity index (χ0) is 28.5. The van der Waals surface area contributed by atoms with Gasteiger partial charge in [-0.1, -0.05) is 74.4 Å². The molecular weight excluding hydrogens is 612 g/mol. The molecule has 0 saturated heterocycles. The van der Waals surface area contributed by atoms with Gasteiger partial charge in [0.1, 0.15) is 0 Å². The van der Waals surface area contributed by atoms with Gasteiger partial charge >= 0.3 is 26.2 Å². The summed E-state index contributed by atoms with van der Waals surface area (Å²) in [5.41, 5.74) is 2.44. The molecule has 0 aliphatic heterocycles. The van der Waals surface area contributed by atoms with Crippen molar-refractivity contribution >= 4 is 33.1 Å². The Labute approximate surface area is 260 Å². The van der Waals surface area contributed by atoms with Crippen LogP contribution >= 0.6 is 0 Å². The van der Waals surface area contributed by atoms with Crippen molar-refractivity contribution in [1.82, 2.24) is 0 Å². The van der Waals surface area contributed by atoms with E-state index in [0.717, 1.165) is 30.9 Å². The van der Waals surface area contributed by atoms with E-state index < -0.39 is 33.1 Å². The molecule has 0 radical (unpaired) electrons. The van der Waals surface area contributed by atoms with Gasteiger partial charge in [0.15, 0.2) is 16.6 Å². The van der Waals surface area contributed by atoms with E-state index in [2.05, 4.69) is 87.1 Å². The van der Waals surface area contributed by atoms with Crippen LogP contribution < -0.4 is 0 Å². The number of benzene rings is 1. The Bertz CT molecular complexity index is 776. The molecule has 0 heterocycles. The first-order chi connectivity index (χ1) is 16.9. The smallest absolute Gasteiger partial charge is 0.669 e. The maximum atomic E-state index is 6.28. The predicted molar refractivity (Wildman–Crippen MR) is 176 cm³/mol. The van der Waals surface area contributed by atoms with Crippen LogP contribution in [0.25, 0.3) is 9.96 Å².